The molecule has 1 aliphatic rings. The highest BCUT2D eigenvalue weighted by atomic mass is 35.5. The molecule has 0 aromatic heterocycles. The van der Waals surface area contributed by atoms with Gasteiger partial charge in [0.2, 0.25) is 12.9 Å². The summed E-state index contributed by atoms with van der Waals surface area (Å²) in [6, 6.07) is 1.32. The van der Waals surface area contributed by atoms with Crippen molar-refractivity contribution >= 4 is 29.8 Å². The Kier molecular flexibility index (Phi) is 7.78. The van der Waals surface area contributed by atoms with Crippen molar-refractivity contribution in [3.63, 3.8) is 0 Å². The summed E-state index contributed by atoms with van der Waals surface area (Å²) in [5.41, 5.74) is 0.192. The van der Waals surface area contributed by atoms with E-state index in [0.717, 1.165) is 6.08 Å². The molecular formula is C18H17ClF3NO9. The maximum atomic E-state index is 13.5. The minimum Gasteiger partial charge on any atom is -0.475 e. The second-order valence-electron chi connectivity index (χ2n) is 6.58. The monoisotopic (exact) mass is 483 g/mol. The van der Waals surface area contributed by atoms with E-state index in [-0.39, 0.29) is 11.3 Å². The molecule has 0 spiro atoms. The number of carbonyl (C=O) groups excluding carboxylic acids is 2. The number of ether oxygens (including phenoxy) is 4. The molecule has 0 amide bonds. The summed E-state index contributed by atoms with van der Waals surface area (Å²) >= 11 is 6.13. The summed E-state index contributed by atoms with van der Waals surface area (Å²) < 4.78 is 59.1. The van der Waals surface area contributed by atoms with Gasteiger partial charge < -0.3 is 23.8 Å². The summed E-state index contributed by atoms with van der Waals surface area (Å²) in [6.45, 7) is 2.73. The minimum absolute atomic E-state index is 0.103. The maximum absolute atomic E-state index is 13.5. The van der Waals surface area contributed by atoms with E-state index in [4.69, 9.17) is 16.3 Å². The third-order valence-electron chi connectivity index (χ3n) is 4.13. The number of benzene rings is 1. The minimum atomic E-state index is -4.95. The average molecular weight is 484 g/mol. The molecule has 0 saturated heterocycles. The van der Waals surface area contributed by atoms with Crippen LogP contribution in [-0.4, -0.2) is 49.0 Å². The fourth-order valence-electron chi connectivity index (χ4n) is 2.66. The molecular weight excluding hydrogens is 467 g/mol. The van der Waals surface area contributed by atoms with Crippen LogP contribution in [0.4, 0.5) is 18.0 Å². The van der Waals surface area contributed by atoms with E-state index in [1.54, 1.807) is 13.8 Å². The zero-order valence-electron chi connectivity index (χ0n) is 16.9. The van der Waals surface area contributed by atoms with Crippen molar-refractivity contribution in [2.24, 2.45) is 0 Å². The van der Waals surface area contributed by atoms with Crippen LogP contribution < -0.4 is 4.74 Å². The van der Waals surface area contributed by atoms with E-state index in [1.807, 2.05) is 0 Å². The van der Waals surface area contributed by atoms with Gasteiger partial charge in [-0.25, -0.2) is 9.59 Å². The van der Waals surface area contributed by atoms with Gasteiger partial charge >= 0.3 is 18.3 Å². The van der Waals surface area contributed by atoms with E-state index in [1.165, 1.54) is 13.0 Å². The van der Waals surface area contributed by atoms with Crippen LogP contribution in [0.2, 0.25) is 5.02 Å². The van der Waals surface area contributed by atoms with Crippen LogP contribution in [0.3, 0.4) is 0 Å². The van der Waals surface area contributed by atoms with E-state index in [0.29, 0.717) is 16.1 Å². The molecule has 2 rings (SSSR count). The maximum Gasteiger partial charge on any atom is 0.511 e. The quantitative estimate of drug-likeness (QED) is 0.245. The lowest BCUT2D eigenvalue weighted by Crippen LogP contribution is -2.41. The molecule has 2 unspecified atom stereocenters. The lowest BCUT2D eigenvalue weighted by Gasteiger charge is -2.29. The van der Waals surface area contributed by atoms with Gasteiger partial charge in [-0.15, -0.1) is 10.1 Å². The molecule has 0 saturated carbocycles. The number of fused-ring (bicyclic) bond motifs is 1. The number of halogens is 4. The fourth-order valence-corrected chi connectivity index (χ4v) is 2.81. The van der Waals surface area contributed by atoms with Crippen LogP contribution >= 0.6 is 11.6 Å². The summed E-state index contributed by atoms with van der Waals surface area (Å²) in [5, 5.41) is 9.26. The normalized spacial score (nSPS) is 16.1. The Morgan fingerprint density at radius 2 is 1.97 bits per heavy atom. The lowest BCUT2D eigenvalue weighted by molar-refractivity contribution is -0.759. The fraction of sp³-hybridized carbons (Fsp3) is 0.444. The topological polar surface area (TPSA) is 123 Å². The predicted octanol–water partition coefficient (Wildman–Crippen LogP) is 3.91. The van der Waals surface area contributed by atoms with Crippen molar-refractivity contribution in [1.82, 2.24) is 0 Å². The van der Waals surface area contributed by atoms with Crippen LogP contribution in [0, 0.1) is 24.0 Å². The Balaban J connectivity index is 2.09. The standard InChI is InChI=1S/C18H17ClF3NO9/c1-8-4-13-11(10(3)14(8)19)5-12(15(32-13)18(20,21)22)16(24)28-7-29-17(25)31-9(2)6-30-23(26)27/h4-5,9,15H,6-7H2,1-3H3. The van der Waals surface area contributed by atoms with Gasteiger partial charge in [-0.1, -0.05) is 11.6 Å². The Hall–Kier alpha value is -3.22. The highest BCUT2D eigenvalue weighted by Crippen LogP contribution is 2.41. The van der Waals surface area contributed by atoms with Crippen LogP contribution in [0.1, 0.15) is 23.6 Å². The Labute approximate surface area is 183 Å². The molecule has 10 nitrogen and oxygen atoms in total. The first-order valence-electron chi connectivity index (χ1n) is 8.83. The van der Waals surface area contributed by atoms with Crippen LogP contribution in [-0.2, 0) is 23.8 Å². The third-order valence-corrected chi connectivity index (χ3v) is 4.71. The molecule has 1 heterocycles. The second kappa shape index (κ2) is 9.94. The van der Waals surface area contributed by atoms with Gasteiger partial charge in [0.25, 0.3) is 5.09 Å². The summed E-state index contributed by atoms with van der Waals surface area (Å²) in [4.78, 5) is 37.8. The van der Waals surface area contributed by atoms with Crippen molar-refractivity contribution in [3.8, 4) is 5.75 Å². The van der Waals surface area contributed by atoms with Crippen LogP contribution in [0.25, 0.3) is 6.08 Å². The van der Waals surface area contributed by atoms with Crippen molar-refractivity contribution in [1.29, 1.82) is 0 Å². The number of carbonyl (C=O) groups is 2. The summed E-state index contributed by atoms with van der Waals surface area (Å²) in [6.07, 6.45) is -9.08. The number of nitrogens with zero attached hydrogens (tertiary/aromatic N) is 1. The predicted molar refractivity (Wildman–Crippen MR) is 100 cm³/mol. The highest BCUT2D eigenvalue weighted by Gasteiger charge is 2.49. The molecule has 1 aromatic carbocycles. The zero-order chi connectivity index (χ0) is 24.2. The molecule has 14 heteroatoms. The van der Waals surface area contributed by atoms with Gasteiger partial charge in [-0.3, -0.25) is 0 Å². The SMILES string of the molecule is Cc1cc2c(c(C)c1Cl)C=C(C(=O)OCOC(=O)OC(C)CO[N+](=O)[O-])C(C(F)(F)F)O2. The van der Waals surface area contributed by atoms with Gasteiger partial charge in [0, 0.05) is 10.6 Å². The Morgan fingerprint density at radius 1 is 1.31 bits per heavy atom. The van der Waals surface area contributed by atoms with Crippen molar-refractivity contribution in [3.05, 3.63) is 43.5 Å². The first-order chi connectivity index (χ1) is 14.8. The molecule has 176 valence electrons. The van der Waals surface area contributed by atoms with Gasteiger partial charge in [0.1, 0.15) is 18.5 Å². The number of rotatable bonds is 7. The average Bonchev–Trinajstić information content (AvgIpc) is 2.69. The van der Waals surface area contributed by atoms with E-state index < -0.39 is 54.6 Å². The largest absolute Gasteiger partial charge is 0.511 e. The first-order valence-corrected chi connectivity index (χ1v) is 9.21. The van der Waals surface area contributed by atoms with Crippen LogP contribution in [0.15, 0.2) is 11.6 Å². The first kappa shape index (κ1) is 25.0. The zero-order valence-corrected chi connectivity index (χ0v) is 17.6. The number of hydrogen-bond acceptors (Lipinski definition) is 9. The molecule has 2 atom stereocenters. The van der Waals surface area contributed by atoms with Gasteiger partial charge in [0.15, 0.2) is 0 Å². The Bertz CT molecular complexity index is 949. The van der Waals surface area contributed by atoms with Gasteiger partial charge in [0.05, 0.1) is 5.57 Å². The molecule has 0 bridgehead atoms. The third kappa shape index (κ3) is 6.15. The summed E-state index contributed by atoms with van der Waals surface area (Å²) in [5.74, 6) is -1.55. The molecule has 1 aliphatic heterocycles. The van der Waals surface area contributed by atoms with Crippen molar-refractivity contribution in [2.45, 2.75) is 39.2 Å². The van der Waals surface area contributed by atoms with E-state index >= 15 is 0 Å². The smallest absolute Gasteiger partial charge is 0.475 e. The number of aryl methyl sites for hydroxylation is 1. The molecule has 0 fully saturated rings. The van der Waals surface area contributed by atoms with Crippen LogP contribution in [0.5, 0.6) is 5.75 Å². The van der Waals surface area contributed by atoms with Gasteiger partial charge in [-0.05, 0) is 44.0 Å². The number of alkyl halides is 3. The highest BCUT2D eigenvalue weighted by molar-refractivity contribution is 6.32. The molecule has 32 heavy (non-hydrogen) atoms. The molecule has 0 radical (unpaired) electrons. The summed E-state index contributed by atoms with van der Waals surface area (Å²) in [7, 11) is 0. The van der Waals surface area contributed by atoms with Crippen molar-refractivity contribution in [2.75, 3.05) is 13.4 Å². The second-order valence-corrected chi connectivity index (χ2v) is 6.95. The number of esters is 1. The molecule has 0 N–H and O–H groups in total. The number of hydrogen-bond donors (Lipinski definition) is 0. The Morgan fingerprint density at radius 3 is 2.56 bits per heavy atom. The lowest BCUT2D eigenvalue weighted by atomic mass is 9.96. The molecule has 0 aliphatic carbocycles. The van der Waals surface area contributed by atoms with E-state index in [9.17, 15) is 32.9 Å². The molecule has 1 aromatic rings. The van der Waals surface area contributed by atoms with Crippen molar-refractivity contribution < 1.29 is 51.6 Å². The van der Waals surface area contributed by atoms with Gasteiger partial charge in [-0.2, -0.15) is 13.2 Å². The van der Waals surface area contributed by atoms with E-state index in [2.05, 4.69) is 19.0 Å².